The lowest BCUT2D eigenvalue weighted by atomic mass is 10.1. The molecule has 0 amide bonds. The fourth-order valence-electron chi connectivity index (χ4n) is 1.91. The molecular formula is C13H14ClNO. The highest BCUT2D eigenvalue weighted by molar-refractivity contribution is 6.31. The summed E-state index contributed by atoms with van der Waals surface area (Å²) in [4.78, 5) is 11.7. The zero-order chi connectivity index (χ0) is 11.7. The van der Waals surface area contributed by atoms with Crippen molar-refractivity contribution in [3.8, 4) is 0 Å². The van der Waals surface area contributed by atoms with Gasteiger partial charge in [0.2, 0.25) is 0 Å². The van der Waals surface area contributed by atoms with E-state index >= 15 is 0 Å². The molecule has 1 atom stereocenters. The maximum absolute atomic E-state index is 11.7. The molecule has 0 aliphatic rings. The Balaban J connectivity index is 2.52. The van der Waals surface area contributed by atoms with Gasteiger partial charge in [-0.15, -0.1) is 0 Å². The lowest BCUT2D eigenvalue weighted by molar-refractivity contribution is -0.121. The van der Waals surface area contributed by atoms with Gasteiger partial charge in [0.05, 0.1) is 11.6 Å². The molecule has 16 heavy (non-hydrogen) atoms. The molecule has 2 rings (SSSR count). The van der Waals surface area contributed by atoms with Crippen LogP contribution in [0.4, 0.5) is 0 Å². The number of rotatable bonds is 3. The Bertz CT molecular complexity index is 530. The molecule has 0 radical (unpaired) electrons. The van der Waals surface area contributed by atoms with Gasteiger partial charge in [0.25, 0.3) is 0 Å². The molecule has 3 heteroatoms. The van der Waals surface area contributed by atoms with Crippen molar-refractivity contribution in [3.63, 3.8) is 0 Å². The van der Waals surface area contributed by atoms with Crippen LogP contribution < -0.4 is 0 Å². The van der Waals surface area contributed by atoms with Gasteiger partial charge in [-0.2, -0.15) is 0 Å². The summed E-state index contributed by atoms with van der Waals surface area (Å²) >= 11 is 5.97. The van der Waals surface area contributed by atoms with Crippen LogP contribution in [0.3, 0.4) is 0 Å². The van der Waals surface area contributed by atoms with Crippen LogP contribution in [0.5, 0.6) is 0 Å². The van der Waals surface area contributed by atoms with Crippen LogP contribution in [-0.2, 0) is 4.79 Å². The van der Waals surface area contributed by atoms with Crippen molar-refractivity contribution < 1.29 is 4.79 Å². The van der Waals surface area contributed by atoms with Gasteiger partial charge < -0.3 is 4.57 Å². The van der Waals surface area contributed by atoms with Crippen molar-refractivity contribution in [2.45, 2.75) is 26.3 Å². The molecule has 0 aliphatic carbocycles. The third-order valence-corrected chi connectivity index (χ3v) is 3.15. The van der Waals surface area contributed by atoms with Gasteiger partial charge in [0.1, 0.15) is 0 Å². The van der Waals surface area contributed by atoms with E-state index in [1.807, 2.05) is 48.9 Å². The lowest BCUT2D eigenvalue weighted by Gasteiger charge is -2.13. The van der Waals surface area contributed by atoms with E-state index in [9.17, 15) is 4.79 Å². The van der Waals surface area contributed by atoms with Crippen molar-refractivity contribution in [1.29, 1.82) is 0 Å². The standard InChI is InChI=1S/C13H14ClNO/c1-3-13(16)9(2)15-7-6-10-4-5-11(14)8-12(10)15/h4-9H,3H2,1-2H3. The summed E-state index contributed by atoms with van der Waals surface area (Å²) in [5, 5.41) is 1.81. The molecule has 0 aliphatic heterocycles. The summed E-state index contributed by atoms with van der Waals surface area (Å²) < 4.78 is 1.98. The molecule has 0 fully saturated rings. The molecule has 84 valence electrons. The Kier molecular flexibility index (Phi) is 3.01. The summed E-state index contributed by atoms with van der Waals surface area (Å²) in [6.45, 7) is 3.81. The van der Waals surface area contributed by atoms with Gasteiger partial charge in [-0.05, 0) is 30.5 Å². The Morgan fingerprint density at radius 3 is 2.88 bits per heavy atom. The van der Waals surface area contributed by atoms with Crippen LogP contribution in [0.2, 0.25) is 5.02 Å². The number of aromatic nitrogens is 1. The predicted octanol–water partition coefficient (Wildman–Crippen LogP) is 3.83. The largest absolute Gasteiger partial charge is 0.337 e. The second-order valence-corrected chi connectivity index (χ2v) is 4.36. The van der Waals surface area contributed by atoms with E-state index in [4.69, 9.17) is 11.6 Å². The number of carbonyl (C=O) groups excluding carboxylic acids is 1. The highest BCUT2D eigenvalue weighted by Crippen LogP contribution is 2.24. The lowest BCUT2D eigenvalue weighted by Crippen LogP contribution is -2.14. The summed E-state index contributed by atoms with van der Waals surface area (Å²) in [7, 11) is 0. The zero-order valence-electron chi connectivity index (χ0n) is 9.40. The first-order valence-corrected chi connectivity index (χ1v) is 5.80. The van der Waals surface area contributed by atoms with Crippen molar-refractivity contribution in [3.05, 3.63) is 35.5 Å². The molecule has 0 spiro atoms. The fraction of sp³-hybridized carbons (Fsp3) is 0.308. The summed E-state index contributed by atoms with van der Waals surface area (Å²) in [6, 6.07) is 7.61. The zero-order valence-corrected chi connectivity index (χ0v) is 10.2. The molecule has 2 aromatic rings. The third kappa shape index (κ3) is 1.85. The first-order valence-electron chi connectivity index (χ1n) is 5.42. The van der Waals surface area contributed by atoms with Gasteiger partial charge in [0.15, 0.2) is 5.78 Å². The van der Waals surface area contributed by atoms with E-state index in [0.717, 1.165) is 10.9 Å². The maximum atomic E-state index is 11.7. The van der Waals surface area contributed by atoms with E-state index < -0.39 is 0 Å². The van der Waals surface area contributed by atoms with Gasteiger partial charge in [-0.3, -0.25) is 4.79 Å². The SMILES string of the molecule is CCC(=O)C(C)n1ccc2ccc(Cl)cc21. The smallest absolute Gasteiger partial charge is 0.155 e. The monoisotopic (exact) mass is 235 g/mol. The van der Waals surface area contributed by atoms with E-state index in [1.165, 1.54) is 0 Å². The molecule has 1 unspecified atom stereocenters. The molecule has 1 heterocycles. The van der Waals surface area contributed by atoms with E-state index in [0.29, 0.717) is 11.4 Å². The van der Waals surface area contributed by atoms with Crippen LogP contribution in [0.1, 0.15) is 26.3 Å². The van der Waals surface area contributed by atoms with Crippen LogP contribution in [0.15, 0.2) is 30.5 Å². The Hall–Kier alpha value is -1.28. The number of nitrogens with zero attached hydrogens (tertiary/aromatic N) is 1. The van der Waals surface area contributed by atoms with Gasteiger partial charge in [-0.1, -0.05) is 24.6 Å². The molecular weight excluding hydrogens is 222 g/mol. The molecule has 0 bridgehead atoms. The molecule has 0 saturated carbocycles. The topological polar surface area (TPSA) is 22.0 Å². The van der Waals surface area contributed by atoms with Crippen LogP contribution in [0, 0.1) is 0 Å². The fourth-order valence-corrected chi connectivity index (χ4v) is 2.08. The number of carbonyl (C=O) groups is 1. The Labute approximate surface area is 99.8 Å². The quantitative estimate of drug-likeness (QED) is 0.793. The second-order valence-electron chi connectivity index (χ2n) is 3.92. The van der Waals surface area contributed by atoms with Crippen molar-refractivity contribution in [2.24, 2.45) is 0 Å². The van der Waals surface area contributed by atoms with E-state index in [-0.39, 0.29) is 11.8 Å². The number of hydrogen-bond donors (Lipinski definition) is 0. The summed E-state index contributed by atoms with van der Waals surface area (Å²) in [5.41, 5.74) is 1.02. The molecule has 1 aromatic carbocycles. The summed E-state index contributed by atoms with van der Waals surface area (Å²) in [5.74, 6) is 0.234. The van der Waals surface area contributed by atoms with Gasteiger partial charge >= 0.3 is 0 Å². The average Bonchev–Trinajstić information content (AvgIpc) is 2.69. The first-order chi connectivity index (χ1) is 7.63. The Morgan fingerprint density at radius 1 is 1.44 bits per heavy atom. The number of hydrogen-bond acceptors (Lipinski definition) is 1. The minimum Gasteiger partial charge on any atom is -0.337 e. The van der Waals surface area contributed by atoms with Crippen molar-refractivity contribution in [1.82, 2.24) is 4.57 Å². The first kappa shape index (κ1) is 11.2. The minimum atomic E-state index is -0.124. The van der Waals surface area contributed by atoms with Crippen molar-refractivity contribution >= 4 is 28.3 Å². The third-order valence-electron chi connectivity index (χ3n) is 2.92. The number of halogens is 1. The van der Waals surface area contributed by atoms with Crippen LogP contribution >= 0.6 is 11.6 Å². The number of ketones is 1. The highest BCUT2D eigenvalue weighted by atomic mass is 35.5. The molecule has 1 aromatic heterocycles. The molecule has 0 N–H and O–H groups in total. The number of fused-ring (bicyclic) bond motifs is 1. The average molecular weight is 236 g/mol. The highest BCUT2D eigenvalue weighted by Gasteiger charge is 2.14. The van der Waals surface area contributed by atoms with Crippen LogP contribution in [0.25, 0.3) is 10.9 Å². The van der Waals surface area contributed by atoms with Crippen molar-refractivity contribution in [2.75, 3.05) is 0 Å². The van der Waals surface area contributed by atoms with E-state index in [1.54, 1.807) is 0 Å². The Morgan fingerprint density at radius 2 is 2.19 bits per heavy atom. The number of benzene rings is 1. The van der Waals surface area contributed by atoms with Gasteiger partial charge in [-0.25, -0.2) is 0 Å². The molecule has 0 saturated heterocycles. The number of Topliss-reactive ketones (excluding diaryl/α,β-unsaturated/α-hetero) is 1. The molecule has 2 nitrogen and oxygen atoms in total. The minimum absolute atomic E-state index is 0.124. The van der Waals surface area contributed by atoms with Crippen LogP contribution in [-0.4, -0.2) is 10.4 Å². The maximum Gasteiger partial charge on any atom is 0.155 e. The summed E-state index contributed by atoms with van der Waals surface area (Å²) in [6.07, 6.45) is 2.50. The van der Waals surface area contributed by atoms with Gasteiger partial charge in [0, 0.05) is 17.6 Å². The second kappa shape index (κ2) is 4.30. The normalized spacial score (nSPS) is 12.9. The predicted molar refractivity (Wildman–Crippen MR) is 67.0 cm³/mol. The van der Waals surface area contributed by atoms with E-state index in [2.05, 4.69) is 0 Å².